The highest BCUT2D eigenvalue weighted by Gasteiger charge is 2.29. The van der Waals surface area contributed by atoms with E-state index in [9.17, 15) is 8.42 Å². The van der Waals surface area contributed by atoms with E-state index < -0.39 is 10.0 Å². The fourth-order valence-corrected chi connectivity index (χ4v) is 4.41. The number of rotatable bonds is 2. The number of ether oxygens (including phenoxy) is 1. The molecule has 1 aromatic rings. The molecule has 1 atom stereocenters. The first-order chi connectivity index (χ1) is 9.07. The van der Waals surface area contributed by atoms with Gasteiger partial charge in [-0.3, -0.25) is 0 Å². The predicted molar refractivity (Wildman–Crippen MR) is 72.6 cm³/mol. The minimum atomic E-state index is -3.36. The van der Waals surface area contributed by atoms with Crippen LogP contribution in [0, 0.1) is 0 Å². The number of hydrogen-bond donors (Lipinski definition) is 0. The summed E-state index contributed by atoms with van der Waals surface area (Å²) in [5, 5.41) is 0. The van der Waals surface area contributed by atoms with Crippen LogP contribution >= 0.6 is 0 Å². The van der Waals surface area contributed by atoms with Crippen LogP contribution < -0.4 is 0 Å². The minimum absolute atomic E-state index is 0.0297. The lowest BCUT2D eigenvalue weighted by atomic mass is 10.1. The van der Waals surface area contributed by atoms with Gasteiger partial charge >= 0.3 is 0 Å². The second-order valence-corrected chi connectivity index (χ2v) is 7.27. The number of benzene rings is 1. The molecule has 1 aliphatic carbocycles. The number of nitrogens with zero attached hydrogens (tertiary/aromatic N) is 1. The Labute approximate surface area is 114 Å². The average molecular weight is 281 g/mol. The summed E-state index contributed by atoms with van der Waals surface area (Å²) < 4.78 is 32.2. The van der Waals surface area contributed by atoms with Gasteiger partial charge in [-0.2, -0.15) is 4.31 Å². The van der Waals surface area contributed by atoms with Gasteiger partial charge in [-0.1, -0.05) is 6.07 Å². The Morgan fingerprint density at radius 1 is 1.26 bits per heavy atom. The number of sulfonamides is 1. The van der Waals surface area contributed by atoms with Gasteiger partial charge in [-0.15, -0.1) is 0 Å². The maximum atomic E-state index is 12.6. The summed E-state index contributed by atoms with van der Waals surface area (Å²) in [7, 11) is -3.36. The molecule has 1 heterocycles. The topological polar surface area (TPSA) is 46.6 Å². The van der Waals surface area contributed by atoms with Crippen molar-refractivity contribution in [2.24, 2.45) is 0 Å². The molecule has 0 spiro atoms. The number of hydrogen-bond acceptors (Lipinski definition) is 3. The van der Waals surface area contributed by atoms with Gasteiger partial charge in [0.1, 0.15) is 0 Å². The van der Waals surface area contributed by atoms with E-state index >= 15 is 0 Å². The van der Waals surface area contributed by atoms with Crippen molar-refractivity contribution in [3.8, 4) is 0 Å². The van der Waals surface area contributed by atoms with Crippen molar-refractivity contribution in [2.45, 2.75) is 37.2 Å². The van der Waals surface area contributed by atoms with Gasteiger partial charge < -0.3 is 4.74 Å². The molecule has 0 aromatic heterocycles. The predicted octanol–water partition coefficient (Wildman–Crippen LogP) is 1.58. The molecule has 0 unspecified atom stereocenters. The molecule has 0 radical (unpaired) electrons. The van der Waals surface area contributed by atoms with Crippen molar-refractivity contribution in [1.82, 2.24) is 4.31 Å². The molecule has 0 amide bonds. The van der Waals surface area contributed by atoms with Crippen molar-refractivity contribution in [2.75, 3.05) is 19.7 Å². The van der Waals surface area contributed by atoms with Gasteiger partial charge in [0.15, 0.2) is 0 Å². The first-order valence-electron chi connectivity index (χ1n) is 6.81. The Hall–Kier alpha value is -0.910. The lowest BCUT2D eigenvalue weighted by Gasteiger charge is -2.30. The zero-order valence-electron chi connectivity index (χ0n) is 11.1. The third-order valence-corrected chi connectivity index (χ3v) is 5.77. The molecule has 2 aliphatic rings. The number of aryl methyl sites for hydroxylation is 2. The Morgan fingerprint density at radius 2 is 2.05 bits per heavy atom. The van der Waals surface area contributed by atoms with E-state index in [1.165, 1.54) is 15.4 Å². The summed E-state index contributed by atoms with van der Waals surface area (Å²) in [5.74, 6) is 0. The van der Waals surface area contributed by atoms with Crippen LogP contribution in [0.25, 0.3) is 0 Å². The number of morpholine rings is 1. The van der Waals surface area contributed by atoms with Crippen LogP contribution in [-0.4, -0.2) is 38.5 Å². The van der Waals surface area contributed by atoms with E-state index in [1.54, 1.807) is 6.07 Å². The Kier molecular flexibility index (Phi) is 3.37. The summed E-state index contributed by atoms with van der Waals surface area (Å²) in [4.78, 5) is 0.433. The van der Waals surface area contributed by atoms with Crippen molar-refractivity contribution < 1.29 is 13.2 Å². The zero-order chi connectivity index (χ0) is 13.5. The molecule has 0 bridgehead atoms. The molecule has 19 heavy (non-hydrogen) atoms. The Morgan fingerprint density at radius 3 is 2.84 bits per heavy atom. The molecule has 1 saturated heterocycles. The van der Waals surface area contributed by atoms with E-state index in [0.29, 0.717) is 24.6 Å². The van der Waals surface area contributed by atoms with Gasteiger partial charge in [0.2, 0.25) is 10.0 Å². The maximum absolute atomic E-state index is 12.6. The average Bonchev–Trinajstić information content (AvgIpc) is 2.85. The minimum Gasteiger partial charge on any atom is -0.376 e. The smallest absolute Gasteiger partial charge is 0.243 e. The quantitative estimate of drug-likeness (QED) is 0.827. The van der Waals surface area contributed by atoms with E-state index in [2.05, 4.69) is 0 Å². The molecule has 104 valence electrons. The van der Waals surface area contributed by atoms with Crippen LogP contribution in [0.1, 0.15) is 24.5 Å². The normalized spacial score (nSPS) is 24.4. The first-order valence-corrected chi connectivity index (χ1v) is 8.25. The molecule has 3 rings (SSSR count). The van der Waals surface area contributed by atoms with E-state index in [-0.39, 0.29) is 6.10 Å². The lowest BCUT2D eigenvalue weighted by Crippen LogP contribution is -2.44. The van der Waals surface area contributed by atoms with Gasteiger partial charge in [0.05, 0.1) is 17.6 Å². The molecule has 1 aromatic carbocycles. The van der Waals surface area contributed by atoms with E-state index in [1.807, 2.05) is 19.1 Å². The van der Waals surface area contributed by atoms with Crippen LogP contribution in [-0.2, 0) is 27.6 Å². The van der Waals surface area contributed by atoms with Gasteiger partial charge in [0.25, 0.3) is 0 Å². The fourth-order valence-electron chi connectivity index (χ4n) is 2.86. The highest BCUT2D eigenvalue weighted by molar-refractivity contribution is 7.89. The van der Waals surface area contributed by atoms with Crippen LogP contribution in [0.4, 0.5) is 0 Å². The molecule has 0 saturated carbocycles. The lowest BCUT2D eigenvalue weighted by molar-refractivity contribution is 0.0102. The van der Waals surface area contributed by atoms with Crippen molar-refractivity contribution in [1.29, 1.82) is 0 Å². The van der Waals surface area contributed by atoms with E-state index in [4.69, 9.17) is 4.74 Å². The molecule has 4 nitrogen and oxygen atoms in total. The maximum Gasteiger partial charge on any atom is 0.243 e. The van der Waals surface area contributed by atoms with Crippen molar-refractivity contribution in [3.63, 3.8) is 0 Å². The standard InChI is InChI=1S/C14H19NO3S/c1-11-10-15(7-8-18-11)19(16,17)14-6-5-12-3-2-4-13(12)9-14/h5-6,9,11H,2-4,7-8,10H2,1H3/t11-/m1/s1. The summed E-state index contributed by atoms with van der Waals surface area (Å²) in [5.41, 5.74) is 2.50. The fraction of sp³-hybridized carbons (Fsp3) is 0.571. The zero-order valence-corrected chi connectivity index (χ0v) is 11.9. The summed E-state index contributed by atoms with van der Waals surface area (Å²) in [6, 6.07) is 5.58. The van der Waals surface area contributed by atoms with Gasteiger partial charge in [-0.25, -0.2) is 8.42 Å². The summed E-state index contributed by atoms with van der Waals surface area (Å²) in [6.45, 7) is 3.28. The first kappa shape index (κ1) is 13.1. The van der Waals surface area contributed by atoms with E-state index in [0.717, 1.165) is 19.3 Å². The third kappa shape index (κ3) is 2.42. The third-order valence-electron chi connectivity index (χ3n) is 3.91. The monoisotopic (exact) mass is 281 g/mol. The molecule has 0 N–H and O–H groups in total. The number of fused-ring (bicyclic) bond motifs is 1. The van der Waals surface area contributed by atoms with Gasteiger partial charge in [-0.05, 0) is 49.4 Å². The SMILES string of the molecule is C[C@@H]1CN(S(=O)(=O)c2ccc3c(c2)CCC3)CCO1. The highest BCUT2D eigenvalue weighted by Crippen LogP contribution is 2.26. The second kappa shape index (κ2) is 4.89. The Bertz CT molecular complexity index is 582. The van der Waals surface area contributed by atoms with Crippen molar-refractivity contribution >= 4 is 10.0 Å². The molecular formula is C14H19NO3S. The van der Waals surface area contributed by atoms with Crippen LogP contribution in [0.5, 0.6) is 0 Å². The largest absolute Gasteiger partial charge is 0.376 e. The molecule has 1 aliphatic heterocycles. The molecular weight excluding hydrogens is 262 g/mol. The van der Waals surface area contributed by atoms with Crippen LogP contribution in [0.3, 0.4) is 0 Å². The summed E-state index contributed by atoms with van der Waals surface area (Å²) in [6.07, 6.45) is 3.17. The highest BCUT2D eigenvalue weighted by atomic mass is 32.2. The van der Waals surface area contributed by atoms with Crippen LogP contribution in [0.15, 0.2) is 23.1 Å². The van der Waals surface area contributed by atoms with Crippen molar-refractivity contribution in [3.05, 3.63) is 29.3 Å². The Balaban J connectivity index is 1.91. The molecule has 1 fully saturated rings. The summed E-state index contributed by atoms with van der Waals surface area (Å²) >= 11 is 0. The second-order valence-electron chi connectivity index (χ2n) is 5.33. The van der Waals surface area contributed by atoms with Crippen LogP contribution in [0.2, 0.25) is 0 Å². The van der Waals surface area contributed by atoms with Gasteiger partial charge in [0, 0.05) is 13.1 Å². The molecule has 5 heteroatoms.